The Kier molecular flexibility index (Phi) is 5.14. The Bertz CT molecular complexity index is 1050. The molecule has 3 aromatic rings. The van der Waals surface area contributed by atoms with E-state index in [2.05, 4.69) is 24.8 Å². The summed E-state index contributed by atoms with van der Waals surface area (Å²) in [5.41, 5.74) is 1.82. The van der Waals surface area contributed by atoms with Crippen molar-refractivity contribution in [1.29, 1.82) is 0 Å². The van der Waals surface area contributed by atoms with Crippen molar-refractivity contribution in [2.45, 2.75) is 25.6 Å². The van der Waals surface area contributed by atoms with Gasteiger partial charge in [-0.15, -0.1) is 0 Å². The van der Waals surface area contributed by atoms with Crippen LogP contribution in [0.2, 0.25) is 0 Å². The van der Waals surface area contributed by atoms with Crippen molar-refractivity contribution < 1.29 is 13.2 Å². The molecule has 0 saturated carbocycles. The van der Waals surface area contributed by atoms with Gasteiger partial charge in [-0.25, -0.2) is 9.97 Å². The molecular weight excluding hydrogens is 383 g/mol. The van der Waals surface area contributed by atoms with Crippen molar-refractivity contribution >= 4 is 0 Å². The summed E-state index contributed by atoms with van der Waals surface area (Å²) >= 11 is 0. The molecule has 0 aliphatic carbocycles. The van der Waals surface area contributed by atoms with Crippen LogP contribution in [0.25, 0.3) is 11.5 Å². The van der Waals surface area contributed by atoms with Crippen LogP contribution < -0.4 is 5.56 Å². The molecule has 0 atom stereocenters. The topological polar surface area (TPSA) is 74.8 Å². The summed E-state index contributed by atoms with van der Waals surface area (Å²) < 4.78 is 38.2. The summed E-state index contributed by atoms with van der Waals surface area (Å²) in [6.45, 7) is 1.80. The second-order valence-electron chi connectivity index (χ2n) is 6.90. The van der Waals surface area contributed by atoms with E-state index < -0.39 is 11.7 Å². The molecule has 0 fully saturated rings. The molecule has 4 rings (SSSR count). The van der Waals surface area contributed by atoms with Crippen molar-refractivity contribution in [1.82, 2.24) is 24.8 Å². The molecule has 29 heavy (non-hydrogen) atoms. The largest absolute Gasteiger partial charge is 0.416 e. The molecular formula is C20H18F3N5O. The van der Waals surface area contributed by atoms with Crippen LogP contribution in [0.5, 0.6) is 0 Å². The van der Waals surface area contributed by atoms with Crippen LogP contribution in [0.4, 0.5) is 13.2 Å². The van der Waals surface area contributed by atoms with Crippen molar-refractivity contribution in [3.63, 3.8) is 0 Å². The third-order valence-corrected chi connectivity index (χ3v) is 4.94. The van der Waals surface area contributed by atoms with Gasteiger partial charge in [0.15, 0.2) is 5.82 Å². The van der Waals surface area contributed by atoms with E-state index in [0.717, 1.165) is 23.4 Å². The molecule has 0 saturated heterocycles. The van der Waals surface area contributed by atoms with Gasteiger partial charge in [0.05, 0.1) is 17.5 Å². The number of aromatic amines is 1. The van der Waals surface area contributed by atoms with Gasteiger partial charge in [0.1, 0.15) is 5.69 Å². The van der Waals surface area contributed by atoms with Crippen molar-refractivity contribution in [2.24, 2.45) is 0 Å². The summed E-state index contributed by atoms with van der Waals surface area (Å²) in [5.74, 6) is 0.387. The number of alkyl halides is 3. The Morgan fingerprint density at radius 2 is 1.83 bits per heavy atom. The molecule has 0 bridgehead atoms. The van der Waals surface area contributed by atoms with E-state index in [1.165, 1.54) is 24.5 Å². The molecule has 6 nitrogen and oxygen atoms in total. The lowest BCUT2D eigenvalue weighted by molar-refractivity contribution is -0.137. The van der Waals surface area contributed by atoms with Gasteiger partial charge in [-0.3, -0.25) is 14.7 Å². The van der Waals surface area contributed by atoms with Gasteiger partial charge in [-0.2, -0.15) is 13.2 Å². The summed E-state index contributed by atoms with van der Waals surface area (Å²) in [6.07, 6.45) is 1.39. The van der Waals surface area contributed by atoms with E-state index in [4.69, 9.17) is 0 Å². The molecule has 0 amide bonds. The molecule has 1 aliphatic rings. The normalized spacial score (nSPS) is 15.0. The number of hydrogen-bond acceptors (Lipinski definition) is 5. The SMILES string of the molecule is O=c1[nH]c(-c2cnccn2)nc2c1CCN(Cc1ccc(C(F)(F)F)cc1)CC2. The summed E-state index contributed by atoms with van der Waals surface area (Å²) in [4.78, 5) is 30.2. The van der Waals surface area contributed by atoms with Crippen molar-refractivity contribution in [3.05, 3.63) is 75.6 Å². The number of H-pyrrole nitrogens is 1. The lowest BCUT2D eigenvalue weighted by atomic mass is 10.1. The lowest BCUT2D eigenvalue weighted by Crippen LogP contribution is -2.26. The number of benzene rings is 1. The minimum Gasteiger partial charge on any atom is -0.305 e. The Labute approximate surface area is 164 Å². The highest BCUT2D eigenvalue weighted by Gasteiger charge is 2.30. The van der Waals surface area contributed by atoms with Crippen LogP contribution in [-0.2, 0) is 25.6 Å². The zero-order valence-electron chi connectivity index (χ0n) is 15.4. The third kappa shape index (κ3) is 4.34. The molecule has 2 aromatic heterocycles. The monoisotopic (exact) mass is 401 g/mol. The number of nitrogens with one attached hydrogen (secondary N) is 1. The van der Waals surface area contributed by atoms with Crippen LogP contribution in [0.15, 0.2) is 47.7 Å². The maximum absolute atomic E-state index is 12.7. The zero-order valence-corrected chi connectivity index (χ0v) is 15.4. The third-order valence-electron chi connectivity index (χ3n) is 4.94. The predicted octanol–water partition coefficient (Wildman–Crippen LogP) is 2.85. The number of aromatic nitrogens is 4. The molecule has 9 heteroatoms. The van der Waals surface area contributed by atoms with E-state index in [1.807, 2.05) is 0 Å². The van der Waals surface area contributed by atoms with E-state index >= 15 is 0 Å². The van der Waals surface area contributed by atoms with Gasteiger partial charge in [0, 0.05) is 44.0 Å². The van der Waals surface area contributed by atoms with Crippen LogP contribution in [0, 0.1) is 0 Å². The minimum absolute atomic E-state index is 0.188. The summed E-state index contributed by atoms with van der Waals surface area (Å²) in [7, 11) is 0. The van der Waals surface area contributed by atoms with E-state index in [0.29, 0.717) is 49.6 Å². The first-order chi connectivity index (χ1) is 13.9. The first-order valence-electron chi connectivity index (χ1n) is 9.17. The van der Waals surface area contributed by atoms with Crippen LogP contribution in [-0.4, -0.2) is 37.9 Å². The predicted molar refractivity (Wildman–Crippen MR) is 100 cm³/mol. The summed E-state index contributed by atoms with van der Waals surface area (Å²) in [5, 5.41) is 0. The minimum atomic E-state index is -4.34. The Morgan fingerprint density at radius 1 is 1.07 bits per heavy atom. The molecule has 1 aliphatic heterocycles. The number of halogens is 3. The second-order valence-corrected chi connectivity index (χ2v) is 6.90. The first kappa shape index (κ1) is 19.3. The Hall–Kier alpha value is -3.07. The molecule has 1 N–H and O–H groups in total. The molecule has 150 valence electrons. The lowest BCUT2D eigenvalue weighted by Gasteiger charge is -2.19. The maximum atomic E-state index is 12.7. The number of fused-ring (bicyclic) bond motifs is 1. The fourth-order valence-corrected chi connectivity index (χ4v) is 3.41. The van der Waals surface area contributed by atoms with Gasteiger partial charge in [-0.05, 0) is 24.1 Å². The van der Waals surface area contributed by atoms with Crippen molar-refractivity contribution in [3.8, 4) is 11.5 Å². The van der Waals surface area contributed by atoms with E-state index in [1.54, 1.807) is 6.20 Å². The molecule has 3 heterocycles. The van der Waals surface area contributed by atoms with Crippen LogP contribution >= 0.6 is 0 Å². The highest BCUT2D eigenvalue weighted by atomic mass is 19.4. The summed E-state index contributed by atoms with van der Waals surface area (Å²) in [6, 6.07) is 5.19. The number of rotatable bonds is 3. The smallest absolute Gasteiger partial charge is 0.305 e. The molecule has 0 radical (unpaired) electrons. The highest BCUT2D eigenvalue weighted by molar-refractivity contribution is 5.47. The fourth-order valence-electron chi connectivity index (χ4n) is 3.41. The zero-order chi connectivity index (χ0) is 20.4. The molecule has 1 aromatic carbocycles. The van der Waals surface area contributed by atoms with Gasteiger partial charge in [0.2, 0.25) is 0 Å². The Balaban J connectivity index is 1.50. The van der Waals surface area contributed by atoms with Gasteiger partial charge >= 0.3 is 6.18 Å². The van der Waals surface area contributed by atoms with Crippen molar-refractivity contribution in [2.75, 3.05) is 13.1 Å². The van der Waals surface area contributed by atoms with E-state index in [-0.39, 0.29) is 5.56 Å². The number of hydrogen-bond donors (Lipinski definition) is 1. The quantitative estimate of drug-likeness (QED) is 0.731. The molecule has 0 spiro atoms. The highest BCUT2D eigenvalue weighted by Crippen LogP contribution is 2.29. The standard InChI is InChI=1S/C20H18F3N5O/c21-20(22,23)14-3-1-13(2-4-14)12-28-9-5-15-16(6-10-28)26-18(27-19(15)29)17-11-24-7-8-25-17/h1-4,7-8,11H,5-6,9-10,12H2,(H,26,27,29). The average Bonchev–Trinajstić information content (AvgIpc) is 2.91. The van der Waals surface area contributed by atoms with Crippen LogP contribution in [0.1, 0.15) is 22.4 Å². The van der Waals surface area contributed by atoms with Gasteiger partial charge in [-0.1, -0.05) is 12.1 Å². The van der Waals surface area contributed by atoms with E-state index in [9.17, 15) is 18.0 Å². The maximum Gasteiger partial charge on any atom is 0.416 e. The number of nitrogens with zero attached hydrogens (tertiary/aromatic N) is 4. The van der Waals surface area contributed by atoms with Crippen LogP contribution in [0.3, 0.4) is 0 Å². The average molecular weight is 401 g/mol. The first-order valence-corrected chi connectivity index (χ1v) is 9.17. The fraction of sp³-hybridized carbons (Fsp3) is 0.300. The van der Waals surface area contributed by atoms with Gasteiger partial charge < -0.3 is 4.98 Å². The Morgan fingerprint density at radius 3 is 2.52 bits per heavy atom. The van der Waals surface area contributed by atoms with Gasteiger partial charge in [0.25, 0.3) is 5.56 Å². The second kappa shape index (κ2) is 7.75. The molecule has 0 unspecified atom stereocenters.